The number of nitrogens with one attached hydrogen (secondary N) is 1. The van der Waals surface area contributed by atoms with Gasteiger partial charge in [-0.25, -0.2) is 4.39 Å². The molecule has 0 aliphatic heterocycles. The van der Waals surface area contributed by atoms with Gasteiger partial charge in [0.25, 0.3) is 0 Å². The smallest absolute Gasteiger partial charge is 0.146 e. The minimum absolute atomic E-state index is 0.143. The van der Waals surface area contributed by atoms with Crippen molar-refractivity contribution in [3.05, 3.63) is 58.4 Å². The molecule has 0 saturated heterocycles. The summed E-state index contributed by atoms with van der Waals surface area (Å²) in [4.78, 5) is 0. The first kappa shape index (κ1) is 15.8. The van der Waals surface area contributed by atoms with E-state index in [0.717, 1.165) is 12.1 Å². The molecule has 0 radical (unpaired) electrons. The summed E-state index contributed by atoms with van der Waals surface area (Å²) in [5.41, 5.74) is 1.56. The second-order valence-electron chi connectivity index (χ2n) is 4.97. The van der Waals surface area contributed by atoms with Crippen LogP contribution in [0.25, 0.3) is 0 Å². The van der Waals surface area contributed by atoms with Gasteiger partial charge in [-0.3, -0.25) is 0 Å². The predicted octanol–water partition coefficient (Wildman–Crippen LogP) is 5.25. The third kappa shape index (κ3) is 3.74. The Morgan fingerprint density at radius 1 is 1.24 bits per heavy atom. The van der Waals surface area contributed by atoms with Crippen LogP contribution in [0.15, 0.2) is 36.4 Å². The summed E-state index contributed by atoms with van der Waals surface area (Å²) in [6.45, 7) is 6.59. The molecule has 2 aromatic carbocycles. The number of hydrogen-bond acceptors (Lipinski definition) is 2. The van der Waals surface area contributed by atoms with Crippen LogP contribution < -0.4 is 10.1 Å². The summed E-state index contributed by atoms with van der Waals surface area (Å²) in [5.74, 6) is 0.719. The van der Waals surface area contributed by atoms with Crippen molar-refractivity contribution in [3.63, 3.8) is 0 Å². The van der Waals surface area contributed by atoms with Crippen molar-refractivity contribution in [2.45, 2.75) is 26.8 Å². The van der Waals surface area contributed by atoms with Gasteiger partial charge in [0.15, 0.2) is 0 Å². The van der Waals surface area contributed by atoms with Crippen molar-refractivity contribution in [2.24, 2.45) is 0 Å². The Morgan fingerprint density at radius 2 is 2.00 bits per heavy atom. The van der Waals surface area contributed by atoms with Crippen molar-refractivity contribution in [3.8, 4) is 11.5 Å². The Bertz CT molecular complexity index is 630. The van der Waals surface area contributed by atoms with Gasteiger partial charge in [0.2, 0.25) is 0 Å². The van der Waals surface area contributed by atoms with Crippen LogP contribution in [-0.2, 0) is 0 Å². The molecule has 0 saturated carbocycles. The van der Waals surface area contributed by atoms with Crippen LogP contribution in [-0.4, -0.2) is 6.54 Å². The van der Waals surface area contributed by atoms with Crippen LogP contribution in [0.5, 0.6) is 11.5 Å². The minimum atomic E-state index is -0.288. The van der Waals surface area contributed by atoms with Gasteiger partial charge in [-0.2, -0.15) is 0 Å². The SMILES string of the molecule is CCNC(C)c1c(F)cccc1Oc1ccc(C)cc1Cl. The van der Waals surface area contributed by atoms with Crippen LogP contribution >= 0.6 is 11.6 Å². The van der Waals surface area contributed by atoms with Crippen LogP contribution in [0, 0.1) is 12.7 Å². The number of rotatable bonds is 5. The Balaban J connectivity index is 2.37. The van der Waals surface area contributed by atoms with E-state index in [4.69, 9.17) is 16.3 Å². The molecule has 21 heavy (non-hydrogen) atoms. The van der Waals surface area contributed by atoms with E-state index < -0.39 is 0 Å². The summed E-state index contributed by atoms with van der Waals surface area (Å²) in [6.07, 6.45) is 0. The quantitative estimate of drug-likeness (QED) is 0.814. The van der Waals surface area contributed by atoms with Gasteiger partial charge in [0.1, 0.15) is 17.3 Å². The molecule has 0 aromatic heterocycles. The standard InChI is InChI=1S/C17H19ClFNO/c1-4-20-12(3)17-14(19)6-5-7-16(17)21-15-9-8-11(2)10-13(15)18/h5-10,12,20H,4H2,1-3H3. The molecule has 0 fully saturated rings. The first-order valence-electron chi connectivity index (χ1n) is 6.98. The molecule has 1 N–H and O–H groups in total. The molecule has 2 aromatic rings. The van der Waals surface area contributed by atoms with Gasteiger partial charge in [0, 0.05) is 11.6 Å². The van der Waals surface area contributed by atoms with E-state index in [2.05, 4.69) is 5.32 Å². The average Bonchev–Trinajstić information content (AvgIpc) is 2.42. The summed E-state index contributed by atoms with van der Waals surface area (Å²) in [5, 5.41) is 3.71. The Labute approximate surface area is 129 Å². The third-order valence-electron chi connectivity index (χ3n) is 3.26. The number of halogens is 2. The predicted molar refractivity (Wildman–Crippen MR) is 84.8 cm³/mol. The monoisotopic (exact) mass is 307 g/mol. The van der Waals surface area contributed by atoms with Crippen molar-refractivity contribution >= 4 is 11.6 Å². The van der Waals surface area contributed by atoms with Gasteiger partial charge in [0.05, 0.1) is 5.02 Å². The zero-order valence-corrected chi connectivity index (χ0v) is 13.2. The van der Waals surface area contributed by atoms with E-state index in [1.165, 1.54) is 6.07 Å². The number of hydrogen-bond donors (Lipinski definition) is 1. The fourth-order valence-electron chi connectivity index (χ4n) is 2.24. The van der Waals surface area contributed by atoms with Gasteiger partial charge in [-0.05, 0) is 50.2 Å². The Kier molecular flexibility index (Phi) is 5.21. The molecule has 2 nitrogen and oxygen atoms in total. The molecule has 0 bridgehead atoms. The maximum Gasteiger partial charge on any atom is 0.146 e. The molecular weight excluding hydrogens is 289 g/mol. The van der Waals surface area contributed by atoms with E-state index in [-0.39, 0.29) is 11.9 Å². The minimum Gasteiger partial charge on any atom is -0.455 e. The summed E-state index contributed by atoms with van der Waals surface area (Å²) >= 11 is 6.18. The molecule has 0 aliphatic rings. The summed E-state index contributed by atoms with van der Waals surface area (Å²) < 4.78 is 20.0. The lowest BCUT2D eigenvalue weighted by Gasteiger charge is -2.18. The molecule has 0 aliphatic carbocycles. The lowest BCUT2D eigenvalue weighted by atomic mass is 10.1. The Morgan fingerprint density at radius 3 is 2.67 bits per heavy atom. The van der Waals surface area contributed by atoms with Crippen molar-refractivity contribution < 1.29 is 9.13 Å². The average molecular weight is 308 g/mol. The topological polar surface area (TPSA) is 21.3 Å². The van der Waals surface area contributed by atoms with Crippen LogP contribution in [0.3, 0.4) is 0 Å². The lowest BCUT2D eigenvalue weighted by molar-refractivity contribution is 0.448. The lowest BCUT2D eigenvalue weighted by Crippen LogP contribution is -2.19. The summed E-state index contributed by atoms with van der Waals surface area (Å²) in [7, 11) is 0. The molecule has 1 atom stereocenters. The van der Waals surface area contributed by atoms with Crippen molar-refractivity contribution in [1.29, 1.82) is 0 Å². The van der Waals surface area contributed by atoms with Crippen LogP contribution in [0.1, 0.15) is 31.0 Å². The second-order valence-corrected chi connectivity index (χ2v) is 5.37. The highest BCUT2D eigenvalue weighted by Crippen LogP contribution is 2.35. The van der Waals surface area contributed by atoms with Gasteiger partial charge < -0.3 is 10.1 Å². The molecule has 0 amide bonds. The highest BCUT2D eigenvalue weighted by Gasteiger charge is 2.17. The Hall–Kier alpha value is -1.58. The van der Waals surface area contributed by atoms with E-state index in [0.29, 0.717) is 22.1 Å². The molecule has 0 heterocycles. The number of benzene rings is 2. The molecule has 4 heteroatoms. The van der Waals surface area contributed by atoms with Crippen LogP contribution in [0.4, 0.5) is 4.39 Å². The second kappa shape index (κ2) is 6.92. The molecular formula is C17H19ClFNO. The normalized spacial score (nSPS) is 12.2. The van der Waals surface area contributed by atoms with E-state index in [9.17, 15) is 4.39 Å². The fourth-order valence-corrected chi connectivity index (χ4v) is 2.52. The molecule has 0 spiro atoms. The first-order chi connectivity index (χ1) is 10.0. The maximum absolute atomic E-state index is 14.1. The highest BCUT2D eigenvalue weighted by atomic mass is 35.5. The van der Waals surface area contributed by atoms with Gasteiger partial charge in [-0.1, -0.05) is 30.7 Å². The van der Waals surface area contributed by atoms with E-state index in [1.54, 1.807) is 18.2 Å². The van der Waals surface area contributed by atoms with E-state index in [1.807, 2.05) is 32.9 Å². The number of aryl methyl sites for hydroxylation is 1. The zero-order valence-electron chi connectivity index (χ0n) is 12.4. The third-order valence-corrected chi connectivity index (χ3v) is 3.56. The largest absolute Gasteiger partial charge is 0.455 e. The number of ether oxygens (including phenoxy) is 1. The first-order valence-corrected chi connectivity index (χ1v) is 7.36. The highest BCUT2D eigenvalue weighted by molar-refractivity contribution is 6.32. The molecule has 2 rings (SSSR count). The van der Waals surface area contributed by atoms with Gasteiger partial charge >= 0.3 is 0 Å². The fraction of sp³-hybridized carbons (Fsp3) is 0.294. The van der Waals surface area contributed by atoms with E-state index >= 15 is 0 Å². The maximum atomic E-state index is 14.1. The zero-order chi connectivity index (χ0) is 15.4. The molecule has 1 unspecified atom stereocenters. The van der Waals surface area contributed by atoms with Gasteiger partial charge in [-0.15, -0.1) is 0 Å². The molecule has 112 valence electrons. The van der Waals surface area contributed by atoms with Crippen molar-refractivity contribution in [2.75, 3.05) is 6.54 Å². The van der Waals surface area contributed by atoms with Crippen LogP contribution in [0.2, 0.25) is 5.02 Å². The van der Waals surface area contributed by atoms with Crippen molar-refractivity contribution in [1.82, 2.24) is 5.32 Å². The summed E-state index contributed by atoms with van der Waals surface area (Å²) in [6, 6.07) is 10.2.